The van der Waals surface area contributed by atoms with Gasteiger partial charge in [0.05, 0.1) is 0 Å². The fraction of sp³-hybridized carbons (Fsp3) is 0.238. The monoisotopic (exact) mass is 417 g/mol. The maximum atomic E-state index is 12.6. The van der Waals surface area contributed by atoms with Gasteiger partial charge in [-0.3, -0.25) is 9.59 Å². The summed E-state index contributed by atoms with van der Waals surface area (Å²) in [4.78, 5) is 29.5. The van der Waals surface area contributed by atoms with Gasteiger partial charge in [0, 0.05) is 59.8 Å². The number of hydrogen-bond donors (Lipinski definition) is 2. The molecule has 1 aromatic heterocycles. The molecular formula is C21H18F3N3O3. The van der Waals surface area contributed by atoms with E-state index in [4.69, 9.17) is 0 Å². The summed E-state index contributed by atoms with van der Waals surface area (Å²) in [5.41, 5.74) is 3.68. The van der Waals surface area contributed by atoms with Crippen molar-refractivity contribution in [2.24, 2.45) is 0 Å². The van der Waals surface area contributed by atoms with Gasteiger partial charge in [-0.15, -0.1) is 13.2 Å². The molecule has 0 spiro atoms. The Bertz CT molecular complexity index is 1120. The van der Waals surface area contributed by atoms with Crippen molar-refractivity contribution >= 4 is 28.4 Å². The average Bonchev–Trinajstić information content (AvgIpc) is 3.05. The Hall–Kier alpha value is -3.49. The lowest BCUT2D eigenvalue weighted by molar-refractivity contribution is -0.274. The number of alkyl halides is 3. The summed E-state index contributed by atoms with van der Waals surface area (Å²) in [5, 5.41) is 3.53. The standard InChI is InChI=1S/C21H18F3N3O3/c1-12(28)27-9-8-19-17(11-27)16-10-13(2-7-18(16)26-19)20(29)25-14-3-5-15(6-4-14)30-21(22,23)24/h2-7,10,26H,8-9,11H2,1H3,(H,25,29). The van der Waals surface area contributed by atoms with E-state index in [0.29, 0.717) is 24.3 Å². The van der Waals surface area contributed by atoms with Crippen molar-refractivity contribution in [3.63, 3.8) is 0 Å². The van der Waals surface area contributed by atoms with Crippen molar-refractivity contribution in [1.29, 1.82) is 0 Å². The SMILES string of the molecule is CC(=O)N1CCc2[nH]c3ccc(C(=O)Nc4ccc(OC(F)(F)F)cc4)cc3c2C1. The first kappa shape index (κ1) is 19.8. The molecule has 0 saturated carbocycles. The third-order valence-corrected chi connectivity index (χ3v) is 5.03. The zero-order valence-electron chi connectivity index (χ0n) is 16.0. The van der Waals surface area contributed by atoms with Gasteiger partial charge >= 0.3 is 6.36 Å². The highest BCUT2D eigenvalue weighted by molar-refractivity contribution is 6.06. The van der Waals surface area contributed by atoms with E-state index in [-0.39, 0.29) is 11.7 Å². The second-order valence-corrected chi connectivity index (χ2v) is 7.06. The predicted molar refractivity (Wildman–Crippen MR) is 104 cm³/mol. The first-order valence-electron chi connectivity index (χ1n) is 9.26. The Balaban J connectivity index is 1.54. The Morgan fingerprint density at radius 3 is 2.53 bits per heavy atom. The number of fused-ring (bicyclic) bond motifs is 3. The van der Waals surface area contributed by atoms with Crippen LogP contribution in [0.5, 0.6) is 5.75 Å². The van der Waals surface area contributed by atoms with Gasteiger partial charge < -0.3 is 19.9 Å². The number of rotatable bonds is 3. The van der Waals surface area contributed by atoms with Crippen LogP contribution in [0.2, 0.25) is 0 Å². The van der Waals surface area contributed by atoms with E-state index in [1.54, 1.807) is 23.1 Å². The number of nitrogens with one attached hydrogen (secondary N) is 2. The number of nitrogens with zero attached hydrogens (tertiary/aromatic N) is 1. The number of ether oxygens (including phenoxy) is 1. The van der Waals surface area contributed by atoms with Crippen LogP contribution in [0.15, 0.2) is 42.5 Å². The number of aromatic nitrogens is 1. The first-order chi connectivity index (χ1) is 14.2. The summed E-state index contributed by atoms with van der Waals surface area (Å²) in [6.07, 6.45) is -4.05. The molecule has 2 aromatic carbocycles. The number of amides is 2. The lowest BCUT2D eigenvalue weighted by Crippen LogP contribution is -2.33. The number of carbonyl (C=O) groups is 2. The maximum absolute atomic E-state index is 12.6. The number of H-pyrrole nitrogens is 1. The van der Waals surface area contributed by atoms with Gasteiger partial charge in [-0.25, -0.2) is 0 Å². The van der Waals surface area contributed by atoms with Crippen molar-refractivity contribution in [3.05, 3.63) is 59.3 Å². The second-order valence-electron chi connectivity index (χ2n) is 7.06. The van der Waals surface area contributed by atoms with Crippen molar-refractivity contribution in [3.8, 4) is 5.75 Å². The van der Waals surface area contributed by atoms with Crippen LogP contribution in [0.25, 0.3) is 10.9 Å². The molecule has 0 bridgehead atoms. The zero-order valence-corrected chi connectivity index (χ0v) is 16.0. The minimum atomic E-state index is -4.77. The van der Waals surface area contributed by atoms with Crippen LogP contribution in [-0.2, 0) is 17.8 Å². The molecule has 0 aliphatic carbocycles. The molecule has 2 heterocycles. The van der Waals surface area contributed by atoms with Crippen LogP contribution >= 0.6 is 0 Å². The van der Waals surface area contributed by atoms with Crippen LogP contribution in [-0.4, -0.2) is 34.6 Å². The van der Waals surface area contributed by atoms with Gasteiger partial charge in [0.25, 0.3) is 5.91 Å². The van der Waals surface area contributed by atoms with Gasteiger partial charge in [0.15, 0.2) is 0 Å². The highest BCUT2D eigenvalue weighted by Gasteiger charge is 2.31. The molecule has 4 rings (SSSR count). The molecular weight excluding hydrogens is 399 g/mol. The van der Waals surface area contributed by atoms with E-state index >= 15 is 0 Å². The third kappa shape index (κ3) is 4.10. The Labute approximate surface area is 169 Å². The number of carbonyl (C=O) groups excluding carboxylic acids is 2. The van der Waals surface area contributed by atoms with E-state index in [1.165, 1.54) is 19.1 Å². The molecule has 3 aromatic rings. The van der Waals surface area contributed by atoms with Crippen LogP contribution in [0.4, 0.5) is 18.9 Å². The van der Waals surface area contributed by atoms with Gasteiger partial charge in [0.2, 0.25) is 5.91 Å². The predicted octanol–water partition coefficient (Wildman–Crippen LogP) is 4.22. The topological polar surface area (TPSA) is 74.4 Å². The van der Waals surface area contributed by atoms with Gasteiger partial charge in [-0.2, -0.15) is 0 Å². The van der Waals surface area contributed by atoms with Crippen LogP contribution in [0.3, 0.4) is 0 Å². The molecule has 30 heavy (non-hydrogen) atoms. The van der Waals surface area contributed by atoms with Crippen molar-refractivity contribution in [1.82, 2.24) is 9.88 Å². The van der Waals surface area contributed by atoms with E-state index < -0.39 is 12.3 Å². The van der Waals surface area contributed by atoms with Gasteiger partial charge in [-0.1, -0.05) is 0 Å². The summed E-state index contributed by atoms with van der Waals surface area (Å²) in [5.74, 6) is -0.756. The summed E-state index contributed by atoms with van der Waals surface area (Å²) in [7, 11) is 0. The number of hydrogen-bond acceptors (Lipinski definition) is 3. The van der Waals surface area contributed by atoms with E-state index in [2.05, 4.69) is 15.0 Å². The summed E-state index contributed by atoms with van der Waals surface area (Å²) in [6.45, 7) is 2.66. The molecule has 0 atom stereocenters. The first-order valence-corrected chi connectivity index (χ1v) is 9.26. The largest absolute Gasteiger partial charge is 0.573 e. The van der Waals surface area contributed by atoms with E-state index in [1.807, 2.05) is 0 Å². The van der Waals surface area contributed by atoms with E-state index in [0.717, 1.165) is 40.7 Å². The molecule has 9 heteroatoms. The third-order valence-electron chi connectivity index (χ3n) is 5.03. The molecule has 0 unspecified atom stereocenters. The normalized spacial score (nSPS) is 13.8. The van der Waals surface area contributed by atoms with Crippen LogP contribution in [0.1, 0.15) is 28.5 Å². The number of halogens is 3. The molecule has 2 N–H and O–H groups in total. The molecule has 2 amide bonds. The molecule has 0 radical (unpaired) electrons. The minimum absolute atomic E-state index is 0.00171. The summed E-state index contributed by atoms with van der Waals surface area (Å²) >= 11 is 0. The average molecular weight is 417 g/mol. The summed E-state index contributed by atoms with van der Waals surface area (Å²) < 4.78 is 40.6. The van der Waals surface area contributed by atoms with E-state index in [9.17, 15) is 22.8 Å². The van der Waals surface area contributed by atoms with Crippen molar-refractivity contribution in [2.75, 3.05) is 11.9 Å². The van der Waals surface area contributed by atoms with Gasteiger partial charge in [0.1, 0.15) is 5.75 Å². The Morgan fingerprint density at radius 2 is 1.87 bits per heavy atom. The highest BCUT2D eigenvalue weighted by Crippen LogP contribution is 2.29. The highest BCUT2D eigenvalue weighted by atomic mass is 19.4. The van der Waals surface area contributed by atoms with Gasteiger partial charge in [-0.05, 0) is 42.5 Å². The van der Waals surface area contributed by atoms with Crippen molar-refractivity contribution < 1.29 is 27.5 Å². The maximum Gasteiger partial charge on any atom is 0.573 e. The molecule has 0 saturated heterocycles. The quantitative estimate of drug-likeness (QED) is 0.670. The lowest BCUT2D eigenvalue weighted by atomic mass is 10.0. The minimum Gasteiger partial charge on any atom is -0.406 e. The van der Waals surface area contributed by atoms with Crippen LogP contribution < -0.4 is 10.1 Å². The Kier molecular flexibility index (Phi) is 4.89. The fourth-order valence-electron chi connectivity index (χ4n) is 3.57. The number of aromatic amines is 1. The molecule has 1 aliphatic heterocycles. The second kappa shape index (κ2) is 7.40. The zero-order chi connectivity index (χ0) is 21.5. The fourth-order valence-corrected chi connectivity index (χ4v) is 3.57. The van der Waals surface area contributed by atoms with Crippen molar-refractivity contribution in [2.45, 2.75) is 26.3 Å². The lowest BCUT2D eigenvalue weighted by Gasteiger charge is -2.26. The molecule has 1 aliphatic rings. The molecule has 6 nitrogen and oxygen atoms in total. The molecule has 156 valence electrons. The Morgan fingerprint density at radius 1 is 1.13 bits per heavy atom. The number of anilines is 1. The number of benzene rings is 2. The summed E-state index contributed by atoms with van der Waals surface area (Å²) in [6, 6.07) is 10.2. The van der Waals surface area contributed by atoms with Crippen LogP contribution in [0, 0.1) is 0 Å². The molecule has 0 fully saturated rings. The smallest absolute Gasteiger partial charge is 0.406 e.